The molecule has 2 atom stereocenters. The van der Waals surface area contributed by atoms with Crippen molar-refractivity contribution in [1.82, 2.24) is 10.2 Å². The first-order valence-corrected chi connectivity index (χ1v) is 5.27. The van der Waals surface area contributed by atoms with Crippen LogP contribution in [0.15, 0.2) is 0 Å². The maximum atomic E-state index is 11.4. The maximum Gasteiger partial charge on any atom is 0.310 e. The fourth-order valence-electron chi connectivity index (χ4n) is 2.26. The Balaban J connectivity index is 1.96. The topological polar surface area (TPSA) is 75.7 Å². The number of carbonyl (C=O) groups is 3. The Morgan fingerprint density at radius 1 is 1.50 bits per heavy atom. The third-order valence-corrected chi connectivity index (χ3v) is 3.14. The molecule has 2 aliphatic rings. The fraction of sp³-hybridized carbons (Fsp3) is 0.700. The lowest BCUT2D eigenvalue weighted by molar-refractivity contribution is -0.145. The van der Waals surface area contributed by atoms with Gasteiger partial charge in [0.05, 0.1) is 25.5 Å². The highest BCUT2D eigenvalue weighted by Gasteiger charge is 2.40. The molecular formula is C10H14N2O4. The molecule has 2 unspecified atom stereocenters. The monoisotopic (exact) mass is 226 g/mol. The summed E-state index contributed by atoms with van der Waals surface area (Å²) in [5.41, 5.74) is 0. The average Bonchev–Trinajstić information content (AvgIpc) is 2.83. The van der Waals surface area contributed by atoms with Gasteiger partial charge >= 0.3 is 5.97 Å². The predicted molar refractivity (Wildman–Crippen MR) is 53.3 cm³/mol. The van der Waals surface area contributed by atoms with Crippen molar-refractivity contribution in [3.63, 3.8) is 0 Å². The minimum absolute atomic E-state index is 0.173. The van der Waals surface area contributed by atoms with Crippen LogP contribution in [0.4, 0.5) is 0 Å². The van der Waals surface area contributed by atoms with Crippen LogP contribution >= 0.6 is 0 Å². The van der Waals surface area contributed by atoms with E-state index in [2.05, 4.69) is 10.1 Å². The van der Waals surface area contributed by atoms with Gasteiger partial charge in [0.1, 0.15) is 0 Å². The molecule has 2 saturated heterocycles. The van der Waals surface area contributed by atoms with Crippen LogP contribution in [0.25, 0.3) is 0 Å². The Morgan fingerprint density at radius 3 is 2.81 bits per heavy atom. The molecule has 0 radical (unpaired) electrons. The van der Waals surface area contributed by atoms with Crippen LogP contribution in [0.2, 0.25) is 0 Å². The van der Waals surface area contributed by atoms with E-state index in [1.807, 2.05) is 4.90 Å². The molecule has 2 aliphatic heterocycles. The summed E-state index contributed by atoms with van der Waals surface area (Å²) in [6.07, 6.45) is 0.886. The number of ether oxygens (including phenoxy) is 1. The van der Waals surface area contributed by atoms with Crippen molar-refractivity contribution in [2.24, 2.45) is 5.92 Å². The smallest absolute Gasteiger partial charge is 0.310 e. The number of nitrogens with zero attached hydrogens (tertiary/aromatic N) is 1. The van der Waals surface area contributed by atoms with Gasteiger partial charge in [-0.1, -0.05) is 0 Å². The zero-order valence-electron chi connectivity index (χ0n) is 9.06. The van der Waals surface area contributed by atoms with Gasteiger partial charge in [-0.25, -0.2) is 0 Å². The second-order valence-electron chi connectivity index (χ2n) is 4.14. The number of hydrogen-bond acceptors (Lipinski definition) is 5. The van der Waals surface area contributed by atoms with Crippen molar-refractivity contribution in [2.75, 3.05) is 20.2 Å². The van der Waals surface area contributed by atoms with Crippen molar-refractivity contribution in [2.45, 2.75) is 18.9 Å². The van der Waals surface area contributed by atoms with Gasteiger partial charge in [0.25, 0.3) is 0 Å². The number of methoxy groups -OCH3 is 1. The summed E-state index contributed by atoms with van der Waals surface area (Å²) >= 11 is 0. The van der Waals surface area contributed by atoms with Crippen LogP contribution in [0.1, 0.15) is 12.8 Å². The minimum Gasteiger partial charge on any atom is -0.469 e. The lowest BCUT2D eigenvalue weighted by atomic mass is 10.1. The van der Waals surface area contributed by atoms with Crippen LogP contribution in [-0.4, -0.2) is 48.9 Å². The summed E-state index contributed by atoms with van der Waals surface area (Å²) in [6, 6.07) is -0.401. The molecule has 2 fully saturated rings. The van der Waals surface area contributed by atoms with E-state index in [1.54, 1.807) is 0 Å². The van der Waals surface area contributed by atoms with Crippen LogP contribution in [0.3, 0.4) is 0 Å². The number of likely N-dealkylation sites (tertiary alicyclic amines) is 1. The lowest BCUT2D eigenvalue weighted by Crippen LogP contribution is -2.39. The molecule has 6 heteroatoms. The standard InChI is InChI=1S/C10H14N2O4/c1-16-10(15)6-2-3-12(5-6)7-4-8(13)11-9(7)14/h6-7H,2-5H2,1H3,(H,11,13,14). The molecule has 0 aromatic rings. The molecule has 2 amide bonds. The highest BCUT2D eigenvalue weighted by Crippen LogP contribution is 2.22. The molecule has 6 nitrogen and oxygen atoms in total. The van der Waals surface area contributed by atoms with Crippen LogP contribution in [0.5, 0.6) is 0 Å². The molecule has 0 bridgehead atoms. The van der Waals surface area contributed by atoms with E-state index in [4.69, 9.17) is 0 Å². The van der Waals surface area contributed by atoms with Gasteiger partial charge in [0.15, 0.2) is 0 Å². The van der Waals surface area contributed by atoms with E-state index in [0.29, 0.717) is 19.5 Å². The third kappa shape index (κ3) is 1.92. The summed E-state index contributed by atoms with van der Waals surface area (Å²) in [7, 11) is 1.36. The van der Waals surface area contributed by atoms with E-state index >= 15 is 0 Å². The predicted octanol–water partition coefficient (Wildman–Crippen LogP) is -1.10. The van der Waals surface area contributed by atoms with Gasteiger partial charge in [-0.2, -0.15) is 0 Å². The first kappa shape index (κ1) is 11.1. The zero-order chi connectivity index (χ0) is 11.7. The van der Waals surface area contributed by atoms with E-state index in [0.717, 1.165) is 0 Å². The van der Waals surface area contributed by atoms with E-state index in [9.17, 15) is 14.4 Å². The Bertz CT molecular complexity index is 342. The van der Waals surface area contributed by atoms with Gasteiger partial charge in [-0.3, -0.25) is 24.6 Å². The third-order valence-electron chi connectivity index (χ3n) is 3.14. The average molecular weight is 226 g/mol. The summed E-state index contributed by atoms with van der Waals surface area (Å²) in [5.74, 6) is -0.909. The molecule has 0 aromatic heterocycles. The fourth-order valence-corrected chi connectivity index (χ4v) is 2.26. The van der Waals surface area contributed by atoms with Crippen molar-refractivity contribution >= 4 is 17.8 Å². The summed E-state index contributed by atoms with van der Waals surface area (Å²) in [5, 5.41) is 2.27. The number of rotatable bonds is 2. The quantitative estimate of drug-likeness (QED) is 0.477. The van der Waals surface area contributed by atoms with Crippen molar-refractivity contribution in [1.29, 1.82) is 0 Å². The molecule has 2 heterocycles. The molecule has 0 aliphatic carbocycles. The molecule has 16 heavy (non-hydrogen) atoms. The Labute approximate surface area is 92.9 Å². The molecule has 0 spiro atoms. The highest BCUT2D eigenvalue weighted by molar-refractivity contribution is 6.05. The lowest BCUT2D eigenvalue weighted by Gasteiger charge is -2.20. The Morgan fingerprint density at radius 2 is 2.25 bits per heavy atom. The molecule has 2 rings (SSSR count). The molecule has 0 aromatic carbocycles. The van der Waals surface area contributed by atoms with Crippen molar-refractivity contribution in [3.8, 4) is 0 Å². The minimum atomic E-state index is -0.401. The van der Waals surface area contributed by atoms with E-state index < -0.39 is 6.04 Å². The largest absolute Gasteiger partial charge is 0.469 e. The van der Waals surface area contributed by atoms with Crippen LogP contribution < -0.4 is 5.32 Å². The van der Waals surface area contributed by atoms with Gasteiger partial charge < -0.3 is 4.74 Å². The van der Waals surface area contributed by atoms with Crippen LogP contribution in [-0.2, 0) is 19.1 Å². The van der Waals surface area contributed by atoms with Crippen molar-refractivity contribution < 1.29 is 19.1 Å². The first-order valence-electron chi connectivity index (χ1n) is 5.27. The molecular weight excluding hydrogens is 212 g/mol. The Kier molecular flexibility index (Phi) is 2.91. The normalized spacial score (nSPS) is 30.6. The number of imide groups is 1. The second-order valence-corrected chi connectivity index (χ2v) is 4.14. The summed E-state index contributed by atoms with van der Waals surface area (Å²) in [6.45, 7) is 1.16. The molecule has 88 valence electrons. The second kappa shape index (κ2) is 4.21. The van der Waals surface area contributed by atoms with Gasteiger partial charge in [0, 0.05) is 6.54 Å². The maximum absolute atomic E-state index is 11.4. The van der Waals surface area contributed by atoms with Gasteiger partial charge in [-0.15, -0.1) is 0 Å². The molecule has 0 saturated carbocycles. The number of amides is 2. The van der Waals surface area contributed by atoms with E-state index in [1.165, 1.54) is 7.11 Å². The number of carbonyl (C=O) groups excluding carboxylic acids is 3. The van der Waals surface area contributed by atoms with Crippen LogP contribution in [0, 0.1) is 5.92 Å². The first-order chi connectivity index (χ1) is 7.61. The zero-order valence-corrected chi connectivity index (χ0v) is 9.06. The SMILES string of the molecule is COC(=O)C1CCN(C2CC(=O)NC2=O)C1. The summed E-state index contributed by atoms with van der Waals surface area (Å²) in [4.78, 5) is 35.7. The van der Waals surface area contributed by atoms with Gasteiger partial charge in [-0.05, 0) is 13.0 Å². The number of hydrogen-bond donors (Lipinski definition) is 1. The van der Waals surface area contributed by atoms with Crippen molar-refractivity contribution in [3.05, 3.63) is 0 Å². The Hall–Kier alpha value is -1.43. The van der Waals surface area contributed by atoms with E-state index in [-0.39, 0.29) is 30.1 Å². The number of nitrogens with one attached hydrogen (secondary N) is 1. The summed E-state index contributed by atoms with van der Waals surface area (Å²) < 4.78 is 4.66. The number of esters is 1. The molecule has 1 N–H and O–H groups in total. The highest BCUT2D eigenvalue weighted by atomic mass is 16.5. The van der Waals surface area contributed by atoms with Gasteiger partial charge in [0.2, 0.25) is 11.8 Å².